The molecule has 4 rings (SSSR count). The number of nitro groups is 1. The summed E-state index contributed by atoms with van der Waals surface area (Å²) < 4.78 is 6.11. The Morgan fingerprint density at radius 1 is 1.09 bits per heavy atom. The number of fused-ring (bicyclic) bond motifs is 1. The van der Waals surface area contributed by atoms with Crippen molar-refractivity contribution in [1.82, 2.24) is 14.9 Å². The Hall–Kier alpha value is -3.46. The third-order valence-electron chi connectivity index (χ3n) is 6.31. The summed E-state index contributed by atoms with van der Waals surface area (Å²) in [5.74, 6) is 1.40. The molecular formula is C26H34N6O3. The number of benzene rings is 2. The molecule has 0 amide bonds. The van der Waals surface area contributed by atoms with Crippen LogP contribution in [-0.4, -0.2) is 52.6 Å². The summed E-state index contributed by atoms with van der Waals surface area (Å²) in [6.45, 7) is 7.25. The summed E-state index contributed by atoms with van der Waals surface area (Å²) in [5, 5.41) is 18.6. The molecule has 1 fully saturated rings. The van der Waals surface area contributed by atoms with E-state index >= 15 is 0 Å². The molecule has 9 heteroatoms. The smallest absolute Gasteiger partial charge is 0.293 e. The molecule has 0 bridgehead atoms. The number of unbranched alkanes of at least 4 members (excludes halogenated alkanes) is 1. The van der Waals surface area contributed by atoms with Gasteiger partial charge in [-0.3, -0.25) is 10.1 Å². The Morgan fingerprint density at radius 3 is 2.71 bits per heavy atom. The van der Waals surface area contributed by atoms with Crippen molar-refractivity contribution >= 4 is 28.1 Å². The van der Waals surface area contributed by atoms with E-state index in [2.05, 4.69) is 25.5 Å². The highest BCUT2D eigenvalue weighted by molar-refractivity contribution is 5.94. The molecule has 1 aliphatic rings. The second-order valence-corrected chi connectivity index (χ2v) is 8.82. The predicted molar refractivity (Wildman–Crippen MR) is 139 cm³/mol. The quantitative estimate of drug-likeness (QED) is 0.207. The summed E-state index contributed by atoms with van der Waals surface area (Å²) in [6.07, 6.45) is 7.64. The van der Waals surface area contributed by atoms with Crippen molar-refractivity contribution < 1.29 is 9.66 Å². The number of anilines is 2. The van der Waals surface area contributed by atoms with E-state index in [0.29, 0.717) is 42.1 Å². The van der Waals surface area contributed by atoms with Crippen LogP contribution in [0.4, 0.5) is 17.2 Å². The van der Waals surface area contributed by atoms with Crippen molar-refractivity contribution in [3.63, 3.8) is 0 Å². The average Bonchev–Trinajstić information content (AvgIpc) is 2.88. The Balaban J connectivity index is 1.39. The topological polar surface area (TPSA) is 105 Å². The molecule has 2 N–H and O–H groups in total. The molecule has 0 aliphatic carbocycles. The number of hydrogen-bond donors (Lipinski definition) is 2. The highest BCUT2D eigenvalue weighted by atomic mass is 16.6. The van der Waals surface area contributed by atoms with Crippen molar-refractivity contribution in [3.8, 4) is 5.75 Å². The third kappa shape index (κ3) is 6.57. The zero-order chi connectivity index (χ0) is 24.5. The van der Waals surface area contributed by atoms with Crippen LogP contribution >= 0.6 is 0 Å². The number of aromatic nitrogens is 2. The van der Waals surface area contributed by atoms with Crippen LogP contribution in [0.5, 0.6) is 5.75 Å². The van der Waals surface area contributed by atoms with Gasteiger partial charge in [-0.05, 0) is 64.4 Å². The minimum atomic E-state index is -0.386. The number of hydrogen-bond acceptors (Lipinski definition) is 8. The largest absolute Gasteiger partial charge is 0.493 e. The number of piperidine rings is 1. The lowest BCUT2D eigenvalue weighted by atomic mass is 10.1. The van der Waals surface area contributed by atoms with Gasteiger partial charge in [-0.25, -0.2) is 9.97 Å². The van der Waals surface area contributed by atoms with E-state index in [1.807, 2.05) is 31.2 Å². The van der Waals surface area contributed by atoms with Crippen LogP contribution in [-0.2, 0) is 6.54 Å². The Bertz CT molecular complexity index is 1130. The number of rotatable bonds is 12. The van der Waals surface area contributed by atoms with E-state index < -0.39 is 0 Å². The Morgan fingerprint density at radius 2 is 1.91 bits per heavy atom. The van der Waals surface area contributed by atoms with Crippen LogP contribution in [0, 0.1) is 10.1 Å². The van der Waals surface area contributed by atoms with Gasteiger partial charge in [-0.15, -0.1) is 0 Å². The Labute approximate surface area is 206 Å². The van der Waals surface area contributed by atoms with Crippen LogP contribution in [0.15, 0.2) is 42.7 Å². The molecule has 35 heavy (non-hydrogen) atoms. The lowest BCUT2D eigenvalue weighted by molar-refractivity contribution is -0.383. The van der Waals surface area contributed by atoms with Gasteiger partial charge in [0, 0.05) is 30.1 Å². The Kier molecular flexibility index (Phi) is 8.67. The molecule has 9 nitrogen and oxygen atoms in total. The van der Waals surface area contributed by atoms with Crippen molar-refractivity contribution in [2.75, 3.05) is 43.4 Å². The number of nitrogens with one attached hydrogen (secondary N) is 2. The second kappa shape index (κ2) is 12.3. The number of nitrogens with zero attached hydrogens (tertiary/aromatic N) is 4. The van der Waals surface area contributed by atoms with Crippen molar-refractivity contribution in [3.05, 3.63) is 58.4 Å². The number of para-hydroxylation sites is 1. The molecule has 1 aromatic heterocycles. The minimum absolute atomic E-state index is 0.00508. The first-order valence-electron chi connectivity index (χ1n) is 12.5. The van der Waals surface area contributed by atoms with Gasteiger partial charge in [-0.2, -0.15) is 0 Å². The molecule has 3 aromatic rings. The van der Waals surface area contributed by atoms with E-state index in [-0.39, 0.29) is 10.6 Å². The summed E-state index contributed by atoms with van der Waals surface area (Å²) in [7, 11) is 0. The summed E-state index contributed by atoms with van der Waals surface area (Å²) >= 11 is 0. The van der Waals surface area contributed by atoms with Gasteiger partial charge in [0.25, 0.3) is 5.69 Å². The summed E-state index contributed by atoms with van der Waals surface area (Å²) in [6, 6.07) is 11.2. The van der Waals surface area contributed by atoms with Crippen molar-refractivity contribution in [2.24, 2.45) is 0 Å². The van der Waals surface area contributed by atoms with E-state index in [1.165, 1.54) is 44.7 Å². The van der Waals surface area contributed by atoms with E-state index in [9.17, 15) is 10.1 Å². The van der Waals surface area contributed by atoms with Gasteiger partial charge in [0.15, 0.2) is 0 Å². The molecule has 1 saturated heterocycles. The molecule has 0 unspecified atom stereocenters. The number of nitro benzene ring substituents is 1. The fourth-order valence-electron chi connectivity index (χ4n) is 4.49. The highest BCUT2D eigenvalue weighted by Crippen LogP contribution is 2.32. The lowest BCUT2D eigenvalue weighted by Crippen LogP contribution is -2.30. The molecule has 186 valence electrons. The van der Waals surface area contributed by atoms with E-state index in [1.54, 1.807) is 6.07 Å². The van der Waals surface area contributed by atoms with E-state index in [0.717, 1.165) is 30.7 Å². The van der Waals surface area contributed by atoms with Gasteiger partial charge in [0.2, 0.25) is 0 Å². The van der Waals surface area contributed by atoms with Gasteiger partial charge < -0.3 is 20.3 Å². The van der Waals surface area contributed by atoms with Gasteiger partial charge >= 0.3 is 0 Å². The fourth-order valence-corrected chi connectivity index (χ4v) is 4.49. The maximum Gasteiger partial charge on any atom is 0.293 e. The van der Waals surface area contributed by atoms with Crippen LogP contribution in [0.2, 0.25) is 0 Å². The monoisotopic (exact) mass is 478 g/mol. The van der Waals surface area contributed by atoms with Crippen LogP contribution in [0.25, 0.3) is 10.9 Å². The first-order valence-corrected chi connectivity index (χ1v) is 12.5. The zero-order valence-electron chi connectivity index (χ0n) is 20.3. The van der Waals surface area contributed by atoms with Crippen molar-refractivity contribution in [2.45, 2.75) is 45.6 Å². The van der Waals surface area contributed by atoms with Gasteiger partial charge in [0.05, 0.1) is 17.0 Å². The van der Waals surface area contributed by atoms with Crippen LogP contribution < -0.4 is 15.4 Å². The van der Waals surface area contributed by atoms with E-state index in [4.69, 9.17) is 4.74 Å². The molecule has 0 spiro atoms. The fraction of sp³-hybridized carbons (Fsp3) is 0.462. The summed E-state index contributed by atoms with van der Waals surface area (Å²) in [5.41, 5.74) is 2.11. The maximum absolute atomic E-state index is 11.6. The maximum atomic E-state index is 11.6. The van der Waals surface area contributed by atoms with Gasteiger partial charge in [0.1, 0.15) is 23.6 Å². The standard InChI is InChI=1S/C26H34N6O3/c1-2-27-23-17-22-21(16-24(23)32(33)34)26(30-19-29-22)28-18-20-10-4-5-11-25(20)35-15-9-8-14-31-12-6-3-7-13-31/h4-5,10-11,16-17,19,27H,2-3,6-9,12-15,18H2,1H3,(H,28,29,30). The molecule has 0 saturated carbocycles. The SMILES string of the molecule is CCNc1cc2ncnc(NCc3ccccc3OCCCCN3CCCCC3)c2cc1[N+](=O)[O-]. The summed E-state index contributed by atoms with van der Waals surface area (Å²) in [4.78, 5) is 22.4. The molecule has 1 aliphatic heterocycles. The predicted octanol–water partition coefficient (Wildman–Crippen LogP) is 5.23. The first kappa shape index (κ1) is 24.7. The lowest BCUT2D eigenvalue weighted by Gasteiger charge is -2.26. The average molecular weight is 479 g/mol. The van der Waals surface area contributed by atoms with Gasteiger partial charge in [-0.1, -0.05) is 24.6 Å². The van der Waals surface area contributed by atoms with Crippen LogP contribution in [0.1, 0.15) is 44.6 Å². The third-order valence-corrected chi connectivity index (χ3v) is 6.31. The minimum Gasteiger partial charge on any atom is -0.493 e. The first-order chi connectivity index (χ1) is 17.2. The molecule has 0 radical (unpaired) electrons. The highest BCUT2D eigenvalue weighted by Gasteiger charge is 2.17. The molecular weight excluding hydrogens is 444 g/mol. The van der Waals surface area contributed by atoms with Crippen molar-refractivity contribution in [1.29, 1.82) is 0 Å². The molecule has 2 heterocycles. The zero-order valence-corrected chi connectivity index (χ0v) is 20.3. The molecule has 2 aromatic carbocycles. The number of ether oxygens (including phenoxy) is 1. The van der Waals surface area contributed by atoms with Crippen LogP contribution in [0.3, 0.4) is 0 Å². The normalized spacial score (nSPS) is 14.1. The number of likely N-dealkylation sites (tertiary alicyclic amines) is 1. The molecule has 0 atom stereocenters. The second-order valence-electron chi connectivity index (χ2n) is 8.82.